The number of Topliss-reactive ketones (excluding diaryl/α,β-unsaturated/α-hetero) is 1. The molecule has 2 atom stereocenters. The molecule has 0 aromatic carbocycles. The molecule has 0 spiro atoms. The molecule has 0 aromatic rings. The van der Waals surface area contributed by atoms with Crippen molar-refractivity contribution in [3.05, 3.63) is 12.2 Å². The Balaban J connectivity index is 2.46. The maximum Gasteiger partial charge on any atom is 0.189 e. The number of ketones is 1. The molecular weight excluding hydrogens is 272 g/mol. The van der Waals surface area contributed by atoms with Crippen LogP contribution in [-0.2, 0) is 19.2 Å². The third-order valence-corrected chi connectivity index (χ3v) is 3.80. The lowest BCUT2D eigenvalue weighted by Crippen LogP contribution is -2.34. The fourth-order valence-electron chi connectivity index (χ4n) is 2.33. The van der Waals surface area contributed by atoms with Gasteiger partial charge in [0, 0.05) is 12.6 Å². The second-order valence-corrected chi connectivity index (χ2v) is 5.68. The molecule has 1 aliphatic carbocycles. The zero-order valence-electron chi connectivity index (χ0n) is 13.1. The largest absolute Gasteiger partial charge is 0.342 e. The summed E-state index contributed by atoms with van der Waals surface area (Å²) in [6.45, 7) is 5.79. The van der Waals surface area contributed by atoms with E-state index in [1.807, 2.05) is 6.92 Å². The summed E-state index contributed by atoms with van der Waals surface area (Å²) < 4.78 is 5.46. The molecule has 1 rings (SSSR count). The van der Waals surface area contributed by atoms with E-state index in [1.54, 1.807) is 7.05 Å². The number of nitrogens with one attached hydrogen (secondary N) is 1. The van der Waals surface area contributed by atoms with E-state index >= 15 is 0 Å². The van der Waals surface area contributed by atoms with Crippen LogP contribution in [0.25, 0.3) is 0 Å². The van der Waals surface area contributed by atoms with Crippen molar-refractivity contribution in [2.75, 3.05) is 20.4 Å². The van der Waals surface area contributed by atoms with Crippen molar-refractivity contribution in [3.63, 3.8) is 0 Å². The number of hydrogen-bond donors (Lipinski definition) is 2. The van der Waals surface area contributed by atoms with Gasteiger partial charge >= 0.3 is 0 Å². The van der Waals surface area contributed by atoms with Crippen LogP contribution in [0.5, 0.6) is 0 Å². The van der Waals surface area contributed by atoms with Gasteiger partial charge in [-0.2, -0.15) is 0 Å². The predicted molar refractivity (Wildman–Crippen MR) is 79.9 cm³/mol. The van der Waals surface area contributed by atoms with Gasteiger partial charge in [-0.25, -0.2) is 11.4 Å². The first kappa shape index (κ1) is 18.3. The van der Waals surface area contributed by atoms with Crippen molar-refractivity contribution in [1.29, 1.82) is 0 Å². The van der Waals surface area contributed by atoms with Crippen LogP contribution in [0.15, 0.2) is 12.2 Å². The Morgan fingerprint density at radius 2 is 2.19 bits per heavy atom. The lowest BCUT2D eigenvalue weighted by molar-refractivity contribution is -0.146. The van der Waals surface area contributed by atoms with E-state index in [0.717, 1.165) is 18.8 Å². The summed E-state index contributed by atoms with van der Waals surface area (Å²) in [6, 6.07) is 0. The lowest BCUT2D eigenvalue weighted by atomic mass is 9.92. The molecular formula is C15H28N2O4. The molecule has 0 heterocycles. The van der Waals surface area contributed by atoms with Crippen LogP contribution in [0.2, 0.25) is 0 Å². The van der Waals surface area contributed by atoms with Gasteiger partial charge in [-0.1, -0.05) is 39.2 Å². The van der Waals surface area contributed by atoms with Crippen molar-refractivity contribution in [2.24, 2.45) is 17.7 Å². The van der Waals surface area contributed by atoms with Gasteiger partial charge in [-0.15, -0.1) is 0 Å². The Bertz CT molecular complexity index is 332. The highest BCUT2D eigenvalue weighted by atomic mass is 16.7. The fraction of sp³-hybridized carbons (Fsp3) is 0.800. The van der Waals surface area contributed by atoms with Crippen molar-refractivity contribution >= 4 is 5.78 Å². The van der Waals surface area contributed by atoms with Gasteiger partial charge in [-0.05, 0) is 18.3 Å². The number of carbonyl (C=O) groups is 1. The number of hydrogen-bond acceptors (Lipinski definition) is 6. The van der Waals surface area contributed by atoms with Crippen LogP contribution in [0.1, 0.15) is 39.0 Å². The normalized spacial score (nSPS) is 17.5. The molecule has 0 unspecified atom stereocenters. The van der Waals surface area contributed by atoms with Crippen LogP contribution < -0.4 is 11.4 Å². The van der Waals surface area contributed by atoms with Gasteiger partial charge in [0.15, 0.2) is 12.6 Å². The second kappa shape index (κ2) is 10.0. The Kier molecular flexibility index (Phi) is 8.72. The van der Waals surface area contributed by atoms with Crippen molar-refractivity contribution in [2.45, 2.75) is 45.1 Å². The zero-order valence-corrected chi connectivity index (χ0v) is 13.1. The summed E-state index contributed by atoms with van der Waals surface area (Å²) in [7, 11) is 1.63. The van der Waals surface area contributed by atoms with Crippen LogP contribution >= 0.6 is 0 Å². The van der Waals surface area contributed by atoms with E-state index in [9.17, 15) is 4.79 Å². The highest BCUT2D eigenvalue weighted by molar-refractivity contribution is 5.98. The standard InChI is InChI=1S/C15H28N2O4/c1-11(5-4-6-13-7-8-13)15(19-10-20-16)14(18)12(2)9-21-17-3/h11,13,15,17H,2,4-10,16H2,1,3H3/t11-,15+/m0/s1. The molecule has 122 valence electrons. The van der Waals surface area contributed by atoms with E-state index < -0.39 is 6.10 Å². The van der Waals surface area contributed by atoms with Crippen molar-refractivity contribution in [1.82, 2.24) is 5.48 Å². The van der Waals surface area contributed by atoms with Crippen LogP contribution in [-0.4, -0.2) is 32.3 Å². The topological polar surface area (TPSA) is 82.8 Å². The SMILES string of the molecule is C=C(CONC)C(=O)[C@H](OCON)[C@@H](C)CCCC1CC1. The smallest absolute Gasteiger partial charge is 0.189 e. The van der Waals surface area contributed by atoms with Crippen LogP contribution in [0.4, 0.5) is 0 Å². The van der Waals surface area contributed by atoms with E-state index in [4.69, 9.17) is 15.5 Å². The minimum Gasteiger partial charge on any atom is -0.342 e. The Hall–Kier alpha value is -0.790. The summed E-state index contributed by atoms with van der Waals surface area (Å²) in [5.41, 5.74) is 2.90. The molecule has 21 heavy (non-hydrogen) atoms. The number of ether oxygens (including phenoxy) is 1. The van der Waals surface area contributed by atoms with Crippen molar-refractivity contribution < 1.29 is 19.2 Å². The minimum absolute atomic E-state index is 0.0951. The molecule has 6 nitrogen and oxygen atoms in total. The van der Waals surface area contributed by atoms with E-state index in [-0.39, 0.29) is 25.1 Å². The van der Waals surface area contributed by atoms with Gasteiger partial charge < -0.3 is 4.74 Å². The monoisotopic (exact) mass is 300 g/mol. The Morgan fingerprint density at radius 1 is 1.48 bits per heavy atom. The number of rotatable bonds is 13. The second-order valence-electron chi connectivity index (χ2n) is 5.68. The summed E-state index contributed by atoms with van der Waals surface area (Å²) in [4.78, 5) is 21.8. The number of nitrogens with two attached hydrogens (primary N) is 1. The molecule has 1 fully saturated rings. The van der Waals surface area contributed by atoms with E-state index in [0.29, 0.717) is 5.57 Å². The quantitative estimate of drug-likeness (QED) is 0.306. The third kappa shape index (κ3) is 7.15. The lowest BCUT2D eigenvalue weighted by Gasteiger charge is -2.23. The molecule has 0 radical (unpaired) electrons. The van der Waals surface area contributed by atoms with Gasteiger partial charge in [-0.3, -0.25) is 14.5 Å². The molecule has 6 heteroatoms. The van der Waals surface area contributed by atoms with Gasteiger partial charge in [0.25, 0.3) is 0 Å². The average molecular weight is 300 g/mol. The molecule has 0 amide bonds. The summed E-state index contributed by atoms with van der Waals surface area (Å²) in [5, 5.41) is 0. The Labute approximate surface area is 126 Å². The molecule has 0 bridgehead atoms. The molecule has 1 saturated carbocycles. The first-order valence-corrected chi connectivity index (χ1v) is 7.54. The molecule has 3 N–H and O–H groups in total. The highest BCUT2D eigenvalue weighted by Gasteiger charge is 2.28. The van der Waals surface area contributed by atoms with Gasteiger partial charge in [0.2, 0.25) is 0 Å². The Morgan fingerprint density at radius 3 is 2.76 bits per heavy atom. The number of carbonyl (C=O) groups excluding carboxylic acids is 1. The van der Waals surface area contributed by atoms with Crippen molar-refractivity contribution in [3.8, 4) is 0 Å². The summed E-state index contributed by atoms with van der Waals surface area (Å²) >= 11 is 0. The first-order chi connectivity index (χ1) is 10.1. The summed E-state index contributed by atoms with van der Waals surface area (Å²) in [5.74, 6) is 5.83. The predicted octanol–water partition coefficient (Wildman–Crippen LogP) is 1.71. The summed E-state index contributed by atoms with van der Waals surface area (Å²) in [6.07, 6.45) is 5.42. The van der Waals surface area contributed by atoms with E-state index in [1.165, 1.54) is 19.3 Å². The van der Waals surface area contributed by atoms with Gasteiger partial charge in [0.1, 0.15) is 6.10 Å². The number of hydroxylamine groups is 1. The van der Waals surface area contributed by atoms with Crippen LogP contribution in [0.3, 0.4) is 0 Å². The fourth-order valence-corrected chi connectivity index (χ4v) is 2.33. The minimum atomic E-state index is -0.583. The first-order valence-electron chi connectivity index (χ1n) is 7.54. The third-order valence-electron chi connectivity index (χ3n) is 3.80. The van der Waals surface area contributed by atoms with Gasteiger partial charge in [0.05, 0.1) is 6.61 Å². The van der Waals surface area contributed by atoms with Crippen LogP contribution in [0, 0.1) is 11.8 Å². The maximum absolute atomic E-state index is 12.4. The van der Waals surface area contributed by atoms with E-state index in [2.05, 4.69) is 16.9 Å². The molecule has 0 aliphatic heterocycles. The average Bonchev–Trinajstić information content (AvgIpc) is 3.29. The molecule has 0 aromatic heterocycles. The zero-order chi connectivity index (χ0) is 15.7. The maximum atomic E-state index is 12.4. The molecule has 0 saturated heterocycles. The molecule has 1 aliphatic rings. The highest BCUT2D eigenvalue weighted by Crippen LogP contribution is 2.34.